The molecule has 5 aromatic rings. The first-order valence-electron chi connectivity index (χ1n) is 10.9. The average molecular weight is 503 g/mol. The van der Waals surface area contributed by atoms with E-state index < -0.39 is 23.0 Å². The fourth-order valence-corrected chi connectivity index (χ4v) is 4.02. The van der Waals surface area contributed by atoms with Crippen LogP contribution in [0.15, 0.2) is 82.4 Å². The summed E-state index contributed by atoms with van der Waals surface area (Å²) < 4.78 is 6.42. The lowest BCUT2D eigenvalue weighted by molar-refractivity contribution is 0.209. The number of carbonyl (C=O) groups is 1. The van der Waals surface area contributed by atoms with Crippen molar-refractivity contribution < 1.29 is 14.6 Å². The number of rotatable bonds is 4. The van der Waals surface area contributed by atoms with Crippen molar-refractivity contribution in [3.8, 4) is 11.6 Å². The van der Waals surface area contributed by atoms with Crippen LogP contribution in [0.2, 0.25) is 5.02 Å². The van der Waals surface area contributed by atoms with Gasteiger partial charge in [0, 0.05) is 23.1 Å². The van der Waals surface area contributed by atoms with Gasteiger partial charge in [0.05, 0.1) is 12.1 Å². The molecule has 0 aliphatic heterocycles. The number of aromatic hydroxyl groups is 1. The van der Waals surface area contributed by atoms with Crippen molar-refractivity contribution >= 4 is 45.2 Å². The number of nitrogens with zero attached hydrogens (tertiary/aromatic N) is 3. The zero-order valence-electron chi connectivity index (χ0n) is 18.9. The summed E-state index contributed by atoms with van der Waals surface area (Å²) in [5.41, 5.74) is 0.478. The summed E-state index contributed by atoms with van der Waals surface area (Å²) in [6, 6.07) is 20.2. The third kappa shape index (κ3) is 4.27. The third-order valence-corrected chi connectivity index (χ3v) is 5.96. The van der Waals surface area contributed by atoms with E-state index in [0.29, 0.717) is 27.5 Å². The number of benzene rings is 3. The number of para-hydroxylation sites is 1. The van der Waals surface area contributed by atoms with Crippen molar-refractivity contribution in [3.63, 3.8) is 0 Å². The number of hydrogen-bond donors (Lipinski definition) is 2. The molecular weight excluding hydrogens is 484 g/mol. The molecule has 0 fully saturated rings. The summed E-state index contributed by atoms with van der Waals surface area (Å²) in [5.74, 6) is -0.173. The van der Waals surface area contributed by atoms with Gasteiger partial charge in [0.2, 0.25) is 5.43 Å². The smallest absolute Gasteiger partial charge is 0.419 e. The highest BCUT2D eigenvalue weighted by atomic mass is 35.5. The topological polar surface area (TPSA) is 118 Å². The molecule has 9 nitrogen and oxygen atoms in total. The SMILES string of the molecule is CN(C(=O)Oc1ccc(Cn2nc(O)c3[nH]c4cc(Cl)ccc4c(=O)c3c2=O)cc1)c1ccccc1. The Morgan fingerprint density at radius 2 is 1.81 bits per heavy atom. The van der Waals surface area contributed by atoms with Crippen LogP contribution in [0.5, 0.6) is 11.6 Å². The number of anilines is 1. The number of H-pyrrole nitrogens is 1. The zero-order chi connectivity index (χ0) is 25.4. The van der Waals surface area contributed by atoms with E-state index in [1.54, 1.807) is 49.5 Å². The molecule has 0 saturated carbocycles. The molecule has 0 aliphatic carbocycles. The van der Waals surface area contributed by atoms with Gasteiger partial charge in [0.25, 0.3) is 11.4 Å². The number of amides is 1. The van der Waals surface area contributed by atoms with E-state index in [1.165, 1.54) is 17.0 Å². The first kappa shape index (κ1) is 23.1. The lowest BCUT2D eigenvalue weighted by Gasteiger charge is -2.16. The van der Waals surface area contributed by atoms with Crippen LogP contribution < -0.4 is 20.6 Å². The molecule has 0 aliphatic rings. The van der Waals surface area contributed by atoms with Gasteiger partial charge in [-0.25, -0.2) is 9.48 Å². The Hall–Kier alpha value is -4.63. The molecule has 0 saturated heterocycles. The van der Waals surface area contributed by atoms with E-state index >= 15 is 0 Å². The van der Waals surface area contributed by atoms with Crippen molar-refractivity contribution in [3.05, 3.63) is 104 Å². The molecule has 2 aromatic heterocycles. The summed E-state index contributed by atoms with van der Waals surface area (Å²) in [6.45, 7) is -0.0153. The molecule has 2 N–H and O–H groups in total. The van der Waals surface area contributed by atoms with E-state index in [9.17, 15) is 19.5 Å². The minimum atomic E-state index is -0.652. The number of aromatic nitrogens is 3. The minimum Gasteiger partial charge on any atom is -0.491 e. The Morgan fingerprint density at radius 3 is 2.53 bits per heavy atom. The number of fused-ring (bicyclic) bond motifs is 2. The highest BCUT2D eigenvalue weighted by molar-refractivity contribution is 6.31. The highest BCUT2D eigenvalue weighted by Crippen LogP contribution is 2.22. The number of hydrogen-bond acceptors (Lipinski definition) is 6. The van der Waals surface area contributed by atoms with Crippen LogP contribution in [0.4, 0.5) is 10.5 Å². The second kappa shape index (κ2) is 9.20. The van der Waals surface area contributed by atoms with Crippen molar-refractivity contribution in [1.82, 2.24) is 14.8 Å². The Bertz CT molecular complexity index is 1730. The van der Waals surface area contributed by atoms with Gasteiger partial charge < -0.3 is 14.8 Å². The van der Waals surface area contributed by atoms with E-state index in [0.717, 1.165) is 4.68 Å². The van der Waals surface area contributed by atoms with Gasteiger partial charge in [-0.15, -0.1) is 5.10 Å². The summed E-state index contributed by atoms with van der Waals surface area (Å²) in [5, 5.41) is 14.9. The molecule has 180 valence electrons. The number of aromatic amines is 1. The number of pyridine rings is 1. The number of ether oxygens (including phenoxy) is 1. The largest absolute Gasteiger partial charge is 0.491 e. The number of nitrogens with one attached hydrogen (secondary N) is 1. The summed E-state index contributed by atoms with van der Waals surface area (Å²) in [7, 11) is 1.61. The van der Waals surface area contributed by atoms with Crippen LogP contribution in [0.3, 0.4) is 0 Å². The van der Waals surface area contributed by atoms with Gasteiger partial charge in [0.1, 0.15) is 16.7 Å². The van der Waals surface area contributed by atoms with Crippen molar-refractivity contribution in [2.45, 2.75) is 6.54 Å². The molecule has 5 rings (SSSR count). The Labute approximate surface area is 208 Å². The van der Waals surface area contributed by atoms with Gasteiger partial charge in [0.15, 0.2) is 0 Å². The fraction of sp³-hybridized carbons (Fsp3) is 0.0769. The van der Waals surface area contributed by atoms with Crippen LogP contribution in [0, 0.1) is 0 Å². The first-order chi connectivity index (χ1) is 17.3. The zero-order valence-corrected chi connectivity index (χ0v) is 19.7. The van der Waals surface area contributed by atoms with Crippen molar-refractivity contribution in [2.24, 2.45) is 0 Å². The van der Waals surface area contributed by atoms with Crippen LogP contribution in [-0.2, 0) is 6.54 Å². The molecule has 1 amide bonds. The molecular formula is C26H19ClN4O5. The molecule has 0 atom stereocenters. The van der Waals surface area contributed by atoms with Gasteiger partial charge in [-0.3, -0.25) is 14.5 Å². The number of carbonyl (C=O) groups excluding carboxylic acids is 1. The van der Waals surface area contributed by atoms with Crippen LogP contribution in [0.25, 0.3) is 21.8 Å². The van der Waals surface area contributed by atoms with Crippen molar-refractivity contribution in [1.29, 1.82) is 0 Å². The predicted octanol–water partition coefficient (Wildman–Crippen LogP) is 4.28. The maximum Gasteiger partial charge on any atom is 0.419 e. The monoisotopic (exact) mass is 502 g/mol. The van der Waals surface area contributed by atoms with Crippen molar-refractivity contribution in [2.75, 3.05) is 11.9 Å². The Balaban J connectivity index is 1.41. The molecule has 3 aromatic carbocycles. The lowest BCUT2D eigenvalue weighted by atomic mass is 10.1. The molecule has 10 heteroatoms. The van der Waals surface area contributed by atoms with Crippen LogP contribution in [0.1, 0.15) is 5.56 Å². The van der Waals surface area contributed by atoms with Crippen LogP contribution in [-0.4, -0.2) is 33.0 Å². The third-order valence-electron chi connectivity index (χ3n) is 5.73. The van der Waals surface area contributed by atoms with Gasteiger partial charge >= 0.3 is 6.09 Å². The summed E-state index contributed by atoms with van der Waals surface area (Å²) in [6.07, 6.45) is -0.556. The second-order valence-electron chi connectivity index (χ2n) is 8.09. The highest BCUT2D eigenvalue weighted by Gasteiger charge is 2.17. The van der Waals surface area contributed by atoms with Crippen LogP contribution >= 0.6 is 11.6 Å². The second-order valence-corrected chi connectivity index (χ2v) is 8.52. The maximum atomic E-state index is 13.1. The first-order valence-corrected chi connectivity index (χ1v) is 11.2. The van der Waals surface area contributed by atoms with E-state index in [1.807, 2.05) is 18.2 Å². The van der Waals surface area contributed by atoms with Gasteiger partial charge in [-0.2, -0.15) is 0 Å². The summed E-state index contributed by atoms with van der Waals surface area (Å²) in [4.78, 5) is 42.8. The average Bonchev–Trinajstić information content (AvgIpc) is 2.88. The molecule has 0 unspecified atom stereocenters. The molecule has 0 radical (unpaired) electrons. The fourth-order valence-electron chi connectivity index (χ4n) is 3.84. The van der Waals surface area contributed by atoms with Gasteiger partial charge in [-0.05, 0) is 48.0 Å². The molecule has 2 heterocycles. The van der Waals surface area contributed by atoms with E-state index in [-0.39, 0.29) is 22.8 Å². The normalized spacial score (nSPS) is 11.1. The Morgan fingerprint density at radius 1 is 1.08 bits per heavy atom. The maximum absolute atomic E-state index is 13.1. The van der Waals surface area contributed by atoms with E-state index in [2.05, 4.69) is 10.1 Å². The minimum absolute atomic E-state index is 0.0153. The molecule has 36 heavy (non-hydrogen) atoms. The lowest BCUT2D eigenvalue weighted by Crippen LogP contribution is -2.29. The molecule has 0 spiro atoms. The number of halogens is 1. The Kier molecular flexibility index (Phi) is 5.91. The standard InChI is InChI=1S/C26H19ClN4O5/c1-30(17-5-3-2-4-6-17)26(35)36-18-10-7-15(8-11-18)14-31-25(34)21-22(24(33)29-31)28-20-13-16(27)9-12-19(20)23(21)32/h2-13H,14H2,1H3,(H,28,32)(H,29,33). The summed E-state index contributed by atoms with van der Waals surface area (Å²) >= 11 is 6.00. The van der Waals surface area contributed by atoms with E-state index in [4.69, 9.17) is 16.3 Å². The predicted molar refractivity (Wildman–Crippen MR) is 137 cm³/mol. The quantitative estimate of drug-likeness (QED) is 0.354. The van der Waals surface area contributed by atoms with Gasteiger partial charge in [-0.1, -0.05) is 41.9 Å². The molecule has 0 bridgehead atoms.